The summed E-state index contributed by atoms with van der Waals surface area (Å²) in [6.07, 6.45) is 0. The number of nitrogens with zero attached hydrogens (tertiary/aromatic N) is 4. The van der Waals surface area contributed by atoms with Gasteiger partial charge in [0.05, 0.1) is 11.0 Å². The first-order valence-corrected chi connectivity index (χ1v) is 17.8. The third kappa shape index (κ3) is 4.37. The van der Waals surface area contributed by atoms with Crippen molar-refractivity contribution in [2.75, 3.05) is 0 Å². The van der Waals surface area contributed by atoms with Crippen LogP contribution >= 0.6 is 11.3 Å². The number of aromatic nitrogens is 4. The zero-order chi connectivity index (χ0) is 33.5. The van der Waals surface area contributed by atoms with Gasteiger partial charge in [-0.3, -0.25) is 0 Å². The lowest BCUT2D eigenvalue weighted by atomic mass is 10.1. The number of hydrogen-bond donors (Lipinski definition) is 0. The lowest BCUT2D eigenvalue weighted by molar-refractivity contribution is 0.671. The first-order valence-electron chi connectivity index (χ1n) is 16.9. The quantitative estimate of drug-likeness (QED) is 0.187. The van der Waals surface area contributed by atoms with Gasteiger partial charge in [-0.15, -0.1) is 11.3 Å². The molecule has 0 amide bonds. The molecule has 0 aliphatic rings. The molecule has 4 aromatic heterocycles. The predicted octanol–water partition coefficient (Wildman–Crippen LogP) is 12.2. The lowest BCUT2D eigenvalue weighted by Gasteiger charge is -2.09. The van der Waals surface area contributed by atoms with Crippen molar-refractivity contribution in [2.24, 2.45) is 0 Å². The van der Waals surface area contributed by atoms with Gasteiger partial charge in [0.1, 0.15) is 5.58 Å². The highest BCUT2D eigenvalue weighted by Crippen LogP contribution is 2.42. The Morgan fingerprint density at radius 2 is 1.06 bits per heavy atom. The third-order valence-electron chi connectivity index (χ3n) is 9.85. The molecule has 0 aliphatic heterocycles. The Morgan fingerprint density at radius 1 is 0.431 bits per heavy atom. The van der Waals surface area contributed by atoms with Gasteiger partial charge in [-0.25, -0.2) is 15.0 Å². The molecule has 0 radical (unpaired) electrons. The van der Waals surface area contributed by atoms with Gasteiger partial charge in [-0.2, -0.15) is 0 Å². The van der Waals surface area contributed by atoms with E-state index in [9.17, 15) is 0 Å². The molecule has 0 spiro atoms. The number of furan rings is 1. The Bertz CT molecular complexity index is 3080. The second kappa shape index (κ2) is 10.9. The van der Waals surface area contributed by atoms with Gasteiger partial charge in [0.15, 0.2) is 23.1 Å². The fourth-order valence-corrected chi connectivity index (χ4v) is 8.61. The molecule has 11 rings (SSSR count). The van der Waals surface area contributed by atoms with E-state index in [0.717, 1.165) is 55.3 Å². The smallest absolute Gasteiger partial charge is 0.164 e. The van der Waals surface area contributed by atoms with Gasteiger partial charge in [0.25, 0.3) is 0 Å². The number of fused-ring (bicyclic) bond motifs is 10. The molecule has 11 aromatic rings. The summed E-state index contributed by atoms with van der Waals surface area (Å²) >= 11 is 1.79. The zero-order valence-corrected chi connectivity index (χ0v) is 27.9. The van der Waals surface area contributed by atoms with Crippen LogP contribution in [0.1, 0.15) is 0 Å². The average molecular weight is 671 g/mol. The molecule has 6 heteroatoms. The molecule has 238 valence electrons. The van der Waals surface area contributed by atoms with E-state index in [-0.39, 0.29) is 0 Å². The van der Waals surface area contributed by atoms with Crippen molar-refractivity contribution in [3.05, 3.63) is 158 Å². The van der Waals surface area contributed by atoms with E-state index < -0.39 is 0 Å². The fraction of sp³-hybridized carbons (Fsp3) is 0. The van der Waals surface area contributed by atoms with Crippen LogP contribution < -0.4 is 0 Å². The Morgan fingerprint density at radius 3 is 1.82 bits per heavy atom. The summed E-state index contributed by atoms with van der Waals surface area (Å²) in [5.41, 5.74) is 8.02. The summed E-state index contributed by atoms with van der Waals surface area (Å²) in [6, 6.07) is 54.9. The van der Waals surface area contributed by atoms with Crippen molar-refractivity contribution >= 4 is 75.3 Å². The van der Waals surface area contributed by atoms with Gasteiger partial charge >= 0.3 is 0 Å². The van der Waals surface area contributed by atoms with Gasteiger partial charge < -0.3 is 8.98 Å². The summed E-state index contributed by atoms with van der Waals surface area (Å²) in [5.74, 6) is 1.97. The van der Waals surface area contributed by atoms with E-state index in [0.29, 0.717) is 17.5 Å². The maximum Gasteiger partial charge on any atom is 0.164 e. The van der Waals surface area contributed by atoms with Gasteiger partial charge in [-0.05, 0) is 42.5 Å². The molecule has 0 N–H and O–H groups in total. The third-order valence-corrected chi connectivity index (χ3v) is 11.0. The highest BCUT2D eigenvalue weighted by Gasteiger charge is 2.20. The molecular formula is C45H26N4OS. The maximum atomic E-state index is 6.59. The van der Waals surface area contributed by atoms with Crippen LogP contribution in [0, 0.1) is 0 Å². The second-order valence-electron chi connectivity index (χ2n) is 12.8. The Balaban J connectivity index is 1.10. The van der Waals surface area contributed by atoms with Crippen LogP contribution in [0.15, 0.2) is 162 Å². The van der Waals surface area contributed by atoms with Crippen LogP contribution in [0.3, 0.4) is 0 Å². The van der Waals surface area contributed by atoms with Crippen LogP contribution in [-0.2, 0) is 0 Å². The van der Waals surface area contributed by atoms with E-state index in [1.54, 1.807) is 11.3 Å². The number of benzene rings is 7. The first kappa shape index (κ1) is 28.2. The minimum Gasteiger partial charge on any atom is -0.454 e. The van der Waals surface area contributed by atoms with E-state index in [2.05, 4.69) is 89.5 Å². The van der Waals surface area contributed by atoms with Gasteiger partial charge in [0.2, 0.25) is 0 Å². The van der Waals surface area contributed by atoms with Crippen molar-refractivity contribution in [1.82, 2.24) is 19.5 Å². The molecule has 5 nitrogen and oxygen atoms in total. The molecule has 0 bridgehead atoms. The van der Waals surface area contributed by atoms with Crippen LogP contribution in [0.2, 0.25) is 0 Å². The number of hydrogen-bond acceptors (Lipinski definition) is 5. The highest BCUT2D eigenvalue weighted by atomic mass is 32.1. The van der Waals surface area contributed by atoms with Crippen molar-refractivity contribution in [2.45, 2.75) is 0 Å². The molecule has 0 aliphatic carbocycles. The summed E-state index contributed by atoms with van der Waals surface area (Å²) < 4.78 is 11.4. The summed E-state index contributed by atoms with van der Waals surface area (Å²) in [7, 11) is 0. The molecule has 0 atom stereocenters. The van der Waals surface area contributed by atoms with Crippen LogP contribution in [0.25, 0.3) is 104 Å². The molecule has 51 heavy (non-hydrogen) atoms. The van der Waals surface area contributed by atoms with E-state index in [4.69, 9.17) is 19.4 Å². The molecule has 0 saturated carbocycles. The zero-order valence-electron chi connectivity index (χ0n) is 27.1. The van der Waals surface area contributed by atoms with Crippen LogP contribution in [0.4, 0.5) is 0 Å². The largest absolute Gasteiger partial charge is 0.454 e. The minimum absolute atomic E-state index is 0.655. The normalized spacial score (nSPS) is 11.9. The standard InChI is InChI=1S/C45H26N4OS/c1-3-11-27(12-4-1)43-46-44(28-13-5-2-6-14-28)48-45(47-43)29-19-21-33-36-26-30(20-24-39(36)51-40(33)25-29)49-37-17-9-7-15-31(37)34-22-23-35-32-16-8-10-18-38(32)50-42(35)41(34)49/h1-26H. The van der Waals surface area contributed by atoms with Gasteiger partial charge in [-0.1, -0.05) is 115 Å². The molecular weight excluding hydrogens is 645 g/mol. The van der Waals surface area contributed by atoms with Crippen molar-refractivity contribution < 1.29 is 4.42 Å². The Kier molecular flexibility index (Phi) is 6.05. The van der Waals surface area contributed by atoms with E-state index >= 15 is 0 Å². The second-order valence-corrected chi connectivity index (χ2v) is 13.9. The summed E-state index contributed by atoms with van der Waals surface area (Å²) in [5, 5.41) is 7.06. The SMILES string of the molecule is c1ccc(-c2nc(-c3ccccc3)nc(-c3ccc4c(c3)sc3ccc(-n5c6ccccc6c6ccc7c8ccccc8oc7c65)cc34)n2)cc1. The maximum absolute atomic E-state index is 6.59. The van der Waals surface area contributed by atoms with Crippen molar-refractivity contribution in [3.63, 3.8) is 0 Å². The van der Waals surface area contributed by atoms with E-state index in [1.165, 1.54) is 30.9 Å². The molecule has 0 saturated heterocycles. The topological polar surface area (TPSA) is 56.7 Å². The minimum atomic E-state index is 0.655. The number of rotatable bonds is 4. The van der Waals surface area contributed by atoms with Gasteiger partial charge in [0, 0.05) is 64.1 Å². The van der Waals surface area contributed by atoms with E-state index in [1.807, 2.05) is 72.8 Å². The molecule has 0 unspecified atom stereocenters. The summed E-state index contributed by atoms with van der Waals surface area (Å²) in [6.45, 7) is 0. The molecule has 7 aromatic carbocycles. The Labute approximate surface area is 295 Å². The monoisotopic (exact) mass is 670 g/mol. The van der Waals surface area contributed by atoms with Crippen molar-refractivity contribution in [1.29, 1.82) is 0 Å². The first-order chi connectivity index (χ1) is 25.3. The lowest BCUT2D eigenvalue weighted by Crippen LogP contribution is -1.99. The fourth-order valence-electron chi connectivity index (χ4n) is 7.48. The number of thiophene rings is 1. The van der Waals surface area contributed by atoms with Crippen molar-refractivity contribution in [3.8, 4) is 39.9 Å². The van der Waals surface area contributed by atoms with Crippen LogP contribution in [-0.4, -0.2) is 19.5 Å². The molecule has 0 fully saturated rings. The average Bonchev–Trinajstić information content (AvgIpc) is 3.87. The predicted molar refractivity (Wildman–Crippen MR) is 211 cm³/mol. The molecule has 4 heterocycles. The summed E-state index contributed by atoms with van der Waals surface area (Å²) in [4.78, 5) is 14.8. The number of para-hydroxylation sites is 2. The van der Waals surface area contributed by atoms with Crippen LogP contribution in [0.5, 0.6) is 0 Å². The Hall–Kier alpha value is -6.63. The highest BCUT2D eigenvalue weighted by molar-refractivity contribution is 7.25.